The molecule has 0 bridgehead atoms. The molecule has 0 aliphatic carbocycles. The third-order valence-electron chi connectivity index (χ3n) is 5.32. The van der Waals surface area contributed by atoms with Gasteiger partial charge >= 0.3 is 6.09 Å². The van der Waals surface area contributed by atoms with Crippen LogP contribution in [-0.4, -0.2) is 67.7 Å². The van der Waals surface area contributed by atoms with E-state index in [1.54, 1.807) is 17.0 Å². The van der Waals surface area contributed by atoms with Crippen molar-refractivity contribution in [1.29, 1.82) is 0 Å². The molecule has 2 fully saturated rings. The Hall–Kier alpha value is -3.12. The number of anilines is 1. The largest absolute Gasteiger partial charge is 0.447 e. The number of rotatable bonds is 5. The molecule has 2 aliphatic heterocycles. The van der Waals surface area contributed by atoms with Gasteiger partial charge in [-0.15, -0.1) is 0 Å². The van der Waals surface area contributed by atoms with Gasteiger partial charge in [0.25, 0.3) is 5.91 Å². The number of ether oxygens (including phenoxy) is 1. The van der Waals surface area contributed by atoms with Crippen LogP contribution in [0.2, 0.25) is 0 Å². The zero-order valence-electron chi connectivity index (χ0n) is 16.4. The fraction of sp³-hybridized carbons (Fsp3) is 0.304. The number of piperazine rings is 1. The van der Waals surface area contributed by atoms with E-state index in [4.69, 9.17) is 4.74 Å². The Morgan fingerprint density at radius 1 is 0.931 bits per heavy atom. The van der Waals surface area contributed by atoms with E-state index in [-0.39, 0.29) is 12.0 Å². The lowest BCUT2D eigenvalue weighted by atomic mass is 10.1. The van der Waals surface area contributed by atoms with Gasteiger partial charge in [-0.2, -0.15) is 0 Å². The maximum atomic E-state index is 12.8. The summed E-state index contributed by atoms with van der Waals surface area (Å²) in [6, 6.07) is 17.5. The van der Waals surface area contributed by atoms with E-state index in [1.807, 2.05) is 35.2 Å². The van der Waals surface area contributed by atoms with Gasteiger partial charge < -0.3 is 9.64 Å². The predicted octanol–water partition coefficient (Wildman–Crippen LogP) is 3.11. The van der Waals surface area contributed by atoms with Gasteiger partial charge in [-0.1, -0.05) is 42.5 Å². The lowest BCUT2D eigenvalue weighted by molar-refractivity contribution is 0.0650. The van der Waals surface area contributed by atoms with Gasteiger partial charge in [0.1, 0.15) is 6.61 Å². The SMILES string of the molecule is O=C(c1ccc(N2CCOC2=O)cc1)N1CCN(C/C=C\c2ccccc2)CC1. The number of cyclic esters (lactones) is 1. The number of amides is 2. The summed E-state index contributed by atoms with van der Waals surface area (Å²) in [6.45, 7) is 5.01. The van der Waals surface area contributed by atoms with Gasteiger partial charge in [0.05, 0.1) is 6.54 Å². The maximum absolute atomic E-state index is 12.8. The normalized spacial score (nSPS) is 17.7. The molecule has 0 radical (unpaired) electrons. The molecule has 2 aliphatic rings. The summed E-state index contributed by atoms with van der Waals surface area (Å²) in [7, 11) is 0. The zero-order valence-corrected chi connectivity index (χ0v) is 16.4. The molecule has 29 heavy (non-hydrogen) atoms. The van der Waals surface area contributed by atoms with Crippen molar-refractivity contribution < 1.29 is 14.3 Å². The van der Waals surface area contributed by atoms with E-state index in [0.717, 1.165) is 38.4 Å². The first-order chi connectivity index (χ1) is 14.2. The molecular formula is C23H25N3O3. The third-order valence-corrected chi connectivity index (χ3v) is 5.32. The Labute approximate surface area is 171 Å². The van der Waals surface area contributed by atoms with E-state index in [1.165, 1.54) is 5.56 Å². The van der Waals surface area contributed by atoms with Crippen LogP contribution in [0.4, 0.5) is 10.5 Å². The number of benzene rings is 2. The third kappa shape index (κ3) is 4.66. The van der Waals surface area contributed by atoms with Crippen LogP contribution in [0.5, 0.6) is 0 Å². The Bertz CT molecular complexity index is 872. The van der Waals surface area contributed by atoms with Crippen molar-refractivity contribution >= 4 is 23.8 Å². The molecule has 0 saturated carbocycles. The standard InChI is InChI=1S/C23H25N3O3/c27-22(20-8-10-21(11-9-20)26-17-18-29-23(26)28)25-15-13-24(14-16-25)12-4-7-19-5-2-1-3-6-19/h1-11H,12-18H2/b7-4-. The van der Waals surface area contributed by atoms with Gasteiger partial charge in [0.2, 0.25) is 0 Å². The molecule has 2 aromatic carbocycles. The van der Waals surface area contributed by atoms with Crippen LogP contribution in [0.1, 0.15) is 15.9 Å². The second-order valence-electron chi connectivity index (χ2n) is 7.22. The van der Waals surface area contributed by atoms with Crippen LogP contribution in [0.3, 0.4) is 0 Å². The minimum Gasteiger partial charge on any atom is -0.447 e. The van der Waals surface area contributed by atoms with Crippen LogP contribution in [0, 0.1) is 0 Å². The first kappa shape index (κ1) is 19.2. The molecule has 4 rings (SSSR count). The topological polar surface area (TPSA) is 53.1 Å². The van der Waals surface area contributed by atoms with Crippen LogP contribution < -0.4 is 4.90 Å². The Kier molecular flexibility index (Phi) is 5.91. The first-order valence-corrected chi connectivity index (χ1v) is 9.98. The highest BCUT2D eigenvalue weighted by molar-refractivity contribution is 5.95. The molecule has 0 unspecified atom stereocenters. The van der Waals surface area contributed by atoms with Crippen molar-refractivity contribution in [2.24, 2.45) is 0 Å². The summed E-state index contributed by atoms with van der Waals surface area (Å²) < 4.78 is 4.96. The molecule has 150 valence electrons. The number of carbonyl (C=O) groups is 2. The highest BCUT2D eigenvalue weighted by atomic mass is 16.6. The molecule has 0 N–H and O–H groups in total. The summed E-state index contributed by atoms with van der Waals surface area (Å²) in [5.74, 6) is 0.0417. The Morgan fingerprint density at radius 2 is 1.66 bits per heavy atom. The van der Waals surface area contributed by atoms with Gasteiger partial charge in [0, 0.05) is 44.0 Å². The van der Waals surface area contributed by atoms with E-state index < -0.39 is 0 Å². The second-order valence-corrected chi connectivity index (χ2v) is 7.22. The summed E-state index contributed by atoms with van der Waals surface area (Å²) in [6.07, 6.45) is 3.98. The second kappa shape index (κ2) is 8.92. The molecule has 2 heterocycles. The molecule has 2 saturated heterocycles. The van der Waals surface area contributed by atoms with Crippen LogP contribution in [0.15, 0.2) is 60.7 Å². The summed E-state index contributed by atoms with van der Waals surface area (Å²) in [4.78, 5) is 30.3. The number of hydrogen-bond donors (Lipinski definition) is 0. The monoisotopic (exact) mass is 391 g/mol. The van der Waals surface area contributed by atoms with Crippen molar-refractivity contribution in [3.05, 3.63) is 71.8 Å². The number of hydrogen-bond acceptors (Lipinski definition) is 4. The van der Waals surface area contributed by atoms with Crippen molar-refractivity contribution in [1.82, 2.24) is 9.80 Å². The van der Waals surface area contributed by atoms with Crippen molar-refractivity contribution in [3.63, 3.8) is 0 Å². The van der Waals surface area contributed by atoms with Gasteiger partial charge in [-0.05, 0) is 29.8 Å². The predicted molar refractivity (Wildman–Crippen MR) is 113 cm³/mol. The average Bonchev–Trinajstić information content (AvgIpc) is 3.20. The van der Waals surface area contributed by atoms with Crippen molar-refractivity contribution in [3.8, 4) is 0 Å². The molecule has 2 aromatic rings. The molecule has 6 nitrogen and oxygen atoms in total. The number of nitrogens with zero attached hydrogens (tertiary/aromatic N) is 3. The molecule has 0 aromatic heterocycles. The summed E-state index contributed by atoms with van der Waals surface area (Å²) in [5.41, 5.74) is 2.62. The molecular weight excluding hydrogens is 366 g/mol. The van der Waals surface area contributed by atoms with E-state index in [2.05, 4.69) is 29.2 Å². The molecule has 0 spiro atoms. The number of carbonyl (C=O) groups excluding carboxylic acids is 2. The van der Waals surface area contributed by atoms with Crippen LogP contribution in [-0.2, 0) is 4.74 Å². The minimum absolute atomic E-state index is 0.0417. The molecule has 6 heteroatoms. The minimum atomic E-state index is -0.332. The van der Waals surface area contributed by atoms with Crippen molar-refractivity contribution in [2.45, 2.75) is 0 Å². The lowest BCUT2D eigenvalue weighted by Gasteiger charge is -2.34. The maximum Gasteiger partial charge on any atom is 0.414 e. The van der Waals surface area contributed by atoms with E-state index >= 15 is 0 Å². The summed E-state index contributed by atoms with van der Waals surface area (Å²) >= 11 is 0. The smallest absolute Gasteiger partial charge is 0.414 e. The fourth-order valence-electron chi connectivity index (χ4n) is 3.63. The Balaban J connectivity index is 1.27. The van der Waals surface area contributed by atoms with Gasteiger partial charge in [-0.25, -0.2) is 4.79 Å². The highest BCUT2D eigenvalue weighted by Crippen LogP contribution is 2.20. The van der Waals surface area contributed by atoms with Crippen molar-refractivity contribution in [2.75, 3.05) is 50.8 Å². The van der Waals surface area contributed by atoms with Gasteiger partial charge in [0.15, 0.2) is 0 Å². The zero-order chi connectivity index (χ0) is 20.1. The highest BCUT2D eigenvalue weighted by Gasteiger charge is 2.25. The quantitative estimate of drug-likeness (QED) is 0.786. The summed E-state index contributed by atoms with van der Waals surface area (Å²) in [5, 5.41) is 0. The average molecular weight is 391 g/mol. The van der Waals surface area contributed by atoms with E-state index in [9.17, 15) is 9.59 Å². The molecule has 0 atom stereocenters. The Morgan fingerprint density at radius 3 is 2.31 bits per heavy atom. The van der Waals surface area contributed by atoms with Crippen LogP contribution in [0.25, 0.3) is 6.08 Å². The van der Waals surface area contributed by atoms with E-state index in [0.29, 0.717) is 18.7 Å². The van der Waals surface area contributed by atoms with Gasteiger partial charge in [-0.3, -0.25) is 14.6 Å². The fourth-order valence-corrected chi connectivity index (χ4v) is 3.63. The van der Waals surface area contributed by atoms with Crippen LogP contribution >= 0.6 is 0 Å². The molecule has 2 amide bonds. The first-order valence-electron chi connectivity index (χ1n) is 9.98. The lowest BCUT2D eigenvalue weighted by Crippen LogP contribution is -2.48.